The smallest absolute Gasteiger partial charge is 0.335 e. The van der Waals surface area contributed by atoms with Crippen LogP contribution in [0.2, 0.25) is 0 Å². The fourth-order valence-electron chi connectivity index (χ4n) is 4.86. The lowest BCUT2D eigenvalue weighted by molar-refractivity contribution is -0.0589. The van der Waals surface area contributed by atoms with Gasteiger partial charge in [-0.15, -0.1) is 0 Å². The Bertz CT molecular complexity index is 1870. The second-order valence-corrected chi connectivity index (χ2v) is 10.1. The standard InChI is InChI=1S/C31H25F2N5O5/c32-22-14-21(24-4-2-6-29(37-24)43-16-19-3-1-5-26(35-19)30(34)39)23(33)11-18(22)13-28-36-25-8-7-17(31(40)41)12-27(25)38(28)15-20-9-10-42-20/h1-8,11-12,14,20H,9-10,13,15-16H2,(H2,34,39)(H,40,41)/t20-/m0/s1. The number of carbonyl (C=O) groups is 2. The van der Waals surface area contributed by atoms with E-state index in [1.165, 1.54) is 24.3 Å². The van der Waals surface area contributed by atoms with Gasteiger partial charge in [0.05, 0.1) is 40.6 Å². The van der Waals surface area contributed by atoms with Gasteiger partial charge in [-0.3, -0.25) is 4.79 Å². The number of halogens is 2. The molecule has 0 radical (unpaired) electrons. The van der Waals surface area contributed by atoms with Crippen molar-refractivity contribution < 1.29 is 33.0 Å². The largest absolute Gasteiger partial charge is 0.478 e. The first-order chi connectivity index (χ1) is 20.7. The number of nitrogens with zero attached hydrogens (tertiary/aromatic N) is 4. The Hall–Kier alpha value is -5.23. The third-order valence-corrected chi connectivity index (χ3v) is 7.17. The third kappa shape index (κ3) is 5.90. The maximum absolute atomic E-state index is 15.5. The second-order valence-electron chi connectivity index (χ2n) is 10.1. The fourth-order valence-corrected chi connectivity index (χ4v) is 4.86. The molecule has 1 aliphatic rings. The summed E-state index contributed by atoms with van der Waals surface area (Å²) in [7, 11) is 0. The molecule has 5 aromatic rings. The zero-order chi connectivity index (χ0) is 30.1. The molecule has 0 unspecified atom stereocenters. The van der Waals surface area contributed by atoms with E-state index >= 15 is 8.78 Å². The first-order valence-electron chi connectivity index (χ1n) is 13.4. The SMILES string of the molecule is NC(=O)c1cccc(COc2cccc(-c3cc(F)c(Cc4nc5ccc(C(=O)O)cc5n4C[C@@H]4CCO4)cc3F)n2)n1. The Kier molecular flexibility index (Phi) is 7.51. The number of carboxylic acid groups (broad SMARTS) is 1. The number of amides is 1. The number of hydrogen-bond acceptors (Lipinski definition) is 7. The first kappa shape index (κ1) is 27.9. The van der Waals surface area contributed by atoms with Crippen molar-refractivity contribution in [3.63, 3.8) is 0 Å². The van der Waals surface area contributed by atoms with E-state index in [0.717, 1.165) is 18.6 Å². The Morgan fingerprint density at radius 1 is 1.02 bits per heavy atom. The van der Waals surface area contributed by atoms with Gasteiger partial charge in [0, 0.05) is 24.7 Å². The number of aromatic carboxylic acids is 1. The molecule has 12 heteroatoms. The van der Waals surface area contributed by atoms with Crippen LogP contribution >= 0.6 is 0 Å². The zero-order valence-electron chi connectivity index (χ0n) is 22.7. The molecule has 4 heterocycles. The van der Waals surface area contributed by atoms with Crippen LogP contribution < -0.4 is 10.5 Å². The average Bonchev–Trinajstić information content (AvgIpc) is 3.31. The van der Waals surface area contributed by atoms with Crippen LogP contribution in [-0.2, 0) is 24.3 Å². The molecule has 43 heavy (non-hydrogen) atoms. The highest BCUT2D eigenvalue weighted by Gasteiger charge is 2.23. The molecule has 1 aliphatic heterocycles. The number of hydrogen-bond donors (Lipinski definition) is 2. The summed E-state index contributed by atoms with van der Waals surface area (Å²) >= 11 is 0. The van der Waals surface area contributed by atoms with Crippen molar-refractivity contribution in [1.82, 2.24) is 19.5 Å². The fraction of sp³-hybridized carbons (Fsp3) is 0.194. The zero-order valence-corrected chi connectivity index (χ0v) is 22.7. The van der Waals surface area contributed by atoms with Crippen LogP contribution in [0.25, 0.3) is 22.3 Å². The summed E-state index contributed by atoms with van der Waals surface area (Å²) in [5.41, 5.74) is 7.24. The second kappa shape index (κ2) is 11.6. The van der Waals surface area contributed by atoms with Crippen LogP contribution in [0, 0.1) is 11.6 Å². The van der Waals surface area contributed by atoms with Crippen molar-refractivity contribution in [2.75, 3.05) is 6.61 Å². The summed E-state index contributed by atoms with van der Waals surface area (Å²) in [6, 6.07) is 16.3. The number of pyridine rings is 2. The van der Waals surface area contributed by atoms with Crippen LogP contribution in [0.5, 0.6) is 5.88 Å². The molecule has 3 N–H and O–H groups in total. The minimum absolute atomic E-state index is 0.0196. The highest BCUT2D eigenvalue weighted by molar-refractivity contribution is 5.92. The predicted molar refractivity (Wildman–Crippen MR) is 151 cm³/mol. The van der Waals surface area contributed by atoms with Crippen molar-refractivity contribution in [2.24, 2.45) is 5.73 Å². The summed E-state index contributed by atoms with van der Waals surface area (Å²) < 4.78 is 43.9. The molecule has 1 amide bonds. The van der Waals surface area contributed by atoms with Gasteiger partial charge in [0.2, 0.25) is 5.88 Å². The third-order valence-electron chi connectivity index (χ3n) is 7.17. The van der Waals surface area contributed by atoms with Crippen LogP contribution in [0.4, 0.5) is 8.78 Å². The quantitative estimate of drug-likeness (QED) is 0.244. The maximum Gasteiger partial charge on any atom is 0.335 e. The van der Waals surface area contributed by atoms with E-state index in [-0.39, 0.29) is 53.1 Å². The number of primary amides is 1. The Morgan fingerprint density at radius 2 is 1.84 bits per heavy atom. The number of aromatic nitrogens is 4. The van der Waals surface area contributed by atoms with E-state index in [4.69, 9.17) is 15.2 Å². The summed E-state index contributed by atoms with van der Waals surface area (Å²) in [6.45, 7) is 1.03. The number of rotatable bonds is 10. The molecule has 218 valence electrons. The molecule has 1 fully saturated rings. The van der Waals surface area contributed by atoms with Gasteiger partial charge in [0.25, 0.3) is 5.91 Å². The summed E-state index contributed by atoms with van der Waals surface area (Å²) in [5.74, 6) is -2.46. The van der Waals surface area contributed by atoms with E-state index in [1.54, 1.807) is 30.3 Å². The number of fused-ring (bicyclic) bond motifs is 1. The van der Waals surface area contributed by atoms with Crippen molar-refractivity contribution in [3.8, 4) is 17.1 Å². The number of imidazole rings is 1. The van der Waals surface area contributed by atoms with E-state index in [0.29, 0.717) is 35.7 Å². The average molecular weight is 586 g/mol. The molecule has 0 bridgehead atoms. The molecular formula is C31H25F2N5O5. The summed E-state index contributed by atoms with van der Waals surface area (Å²) in [6.07, 6.45) is 0.736. The normalized spacial score (nSPS) is 14.4. The Balaban J connectivity index is 1.26. The predicted octanol–water partition coefficient (Wildman–Crippen LogP) is 4.53. The molecule has 1 saturated heterocycles. The van der Waals surface area contributed by atoms with Crippen LogP contribution in [-0.4, -0.2) is 49.2 Å². The van der Waals surface area contributed by atoms with Crippen LogP contribution in [0.15, 0.2) is 66.7 Å². The molecule has 0 aliphatic carbocycles. The molecule has 6 rings (SSSR count). The molecule has 1 atom stereocenters. The molecule has 0 saturated carbocycles. The maximum atomic E-state index is 15.5. The number of carboxylic acids is 1. The van der Waals surface area contributed by atoms with E-state index in [9.17, 15) is 14.7 Å². The van der Waals surface area contributed by atoms with E-state index in [2.05, 4.69) is 15.0 Å². The minimum atomic E-state index is -1.07. The Morgan fingerprint density at radius 3 is 2.58 bits per heavy atom. The molecule has 3 aromatic heterocycles. The highest BCUT2D eigenvalue weighted by Crippen LogP contribution is 2.29. The van der Waals surface area contributed by atoms with Crippen molar-refractivity contribution in [3.05, 3.63) is 107 Å². The number of ether oxygens (including phenoxy) is 2. The topological polar surface area (TPSA) is 142 Å². The lowest BCUT2D eigenvalue weighted by atomic mass is 10.0. The highest BCUT2D eigenvalue weighted by atomic mass is 19.1. The van der Waals surface area contributed by atoms with Gasteiger partial charge in [0.1, 0.15) is 29.8 Å². The van der Waals surface area contributed by atoms with Crippen LogP contribution in [0.1, 0.15) is 44.3 Å². The van der Waals surface area contributed by atoms with Crippen molar-refractivity contribution in [2.45, 2.75) is 32.1 Å². The lowest BCUT2D eigenvalue weighted by Crippen LogP contribution is -2.31. The monoisotopic (exact) mass is 585 g/mol. The molecule has 10 nitrogen and oxygen atoms in total. The number of benzene rings is 2. The van der Waals surface area contributed by atoms with Gasteiger partial charge in [-0.2, -0.15) is 0 Å². The van der Waals surface area contributed by atoms with Crippen molar-refractivity contribution >= 4 is 22.9 Å². The van der Waals surface area contributed by atoms with Gasteiger partial charge in [0.15, 0.2) is 0 Å². The molecule has 2 aromatic carbocycles. The summed E-state index contributed by atoms with van der Waals surface area (Å²) in [4.78, 5) is 36.0. The van der Waals surface area contributed by atoms with Gasteiger partial charge in [-0.05, 0) is 60.5 Å². The van der Waals surface area contributed by atoms with E-state index < -0.39 is 23.5 Å². The van der Waals surface area contributed by atoms with Gasteiger partial charge in [-0.25, -0.2) is 28.5 Å². The van der Waals surface area contributed by atoms with Gasteiger partial charge in [-0.1, -0.05) is 12.1 Å². The number of carbonyl (C=O) groups excluding carboxylic acids is 1. The summed E-state index contributed by atoms with van der Waals surface area (Å²) in [5, 5.41) is 9.45. The minimum Gasteiger partial charge on any atom is -0.478 e. The number of nitrogens with two attached hydrogens (primary N) is 1. The van der Waals surface area contributed by atoms with E-state index in [1.807, 2.05) is 4.57 Å². The van der Waals surface area contributed by atoms with Crippen LogP contribution in [0.3, 0.4) is 0 Å². The molecular weight excluding hydrogens is 560 g/mol. The first-order valence-corrected chi connectivity index (χ1v) is 13.4. The van der Waals surface area contributed by atoms with Crippen molar-refractivity contribution in [1.29, 1.82) is 0 Å². The molecule has 0 spiro atoms. The Labute approximate surface area is 243 Å². The lowest BCUT2D eigenvalue weighted by Gasteiger charge is -2.27. The van der Waals surface area contributed by atoms with Gasteiger partial charge >= 0.3 is 5.97 Å². The van der Waals surface area contributed by atoms with Gasteiger partial charge < -0.3 is 24.9 Å².